The fourth-order valence-corrected chi connectivity index (χ4v) is 2.58. The largest absolute Gasteiger partial charge is 0.482 e. The van der Waals surface area contributed by atoms with Gasteiger partial charge in [0.2, 0.25) is 0 Å². The molecule has 2 rings (SSSR count). The molecule has 0 aliphatic carbocycles. The van der Waals surface area contributed by atoms with Gasteiger partial charge in [-0.15, -0.1) is 0 Å². The fraction of sp³-hybridized carbons (Fsp3) is 0.318. The monoisotopic (exact) mass is 380 g/mol. The number of amides is 1. The molecule has 0 aliphatic rings. The predicted octanol–water partition coefficient (Wildman–Crippen LogP) is 3.94. The molecule has 0 fully saturated rings. The molecule has 0 saturated heterocycles. The molecule has 0 spiro atoms. The molecule has 2 aromatic rings. The predicted molar refractivity (Wildman–Crippen MR) is 106 cm³/mol. The number of aryl methyl sites for hydroxylation is 1. The Hall–Kier alpha value is -3.33. The molecule has 1 atom stereocenters. The number of hydrogen-bond donors (Lipinski definition) is 1. The molecular formula is C22H24N2O4. The standard InChI is InChI=1S/C22H24N2O4/c1-14(2)19-9-8-15(3)10-20(19)27-13-21(25)28-16(4)22(26)24-18-7-5-6-17(11-18)12-23/h5-11,14,16H,13H2,1-4H3,(H,24,26)/t16-/m0/s1. The van der Waals surface area contributed by atoms with Crippen molar-refractivity contribution in [3.8, 4) is 11.8 Å². The van der Waals surface area contributed by atoms with Crippen LogP contribution in [0.5, 0.6) is 5.75 Å². The molecule has 0 aliphatic heterocycles. The SMILES string of the molecule is Cc1ccc(C(C)C)c(OCC(=O)O[C@@H](C)C(=O)Nc2cccc(C#N)c2)c1. The Morgan fingerprint density at radius 2 is 1.89 bits per heavy atom. The first-order valence-electron chi connectivity index (χ1n) is 9.04. The number of carbonyl (C=O) groups is 2. The van der Waals surface area contributed by atoms with E-state index in [1.807, 2.05) is 45.0 Å². The van der Waals surface area contributed by atoms with Gasteiger partial charge in [0.25, 0.3) is 5.91 Å². The summed E-state index contributed by atoms with van der Waals surface area (Å²) in [7, 11) is 0. The normalized spacial score (nSPS) is 11.4. The number of carbonyl (C=O) groups excluding carboxylic acids is 2. The van der Waals surface area contributed by atoms with Crippen LogP contribution in [0.25, 0.3) is 0 Å². The number of rotatable bonds is 7. The van der Waals surface area contributed by atoms with Crippen LogP contribution >= 0.6 is 0 Å². The van der Waals surface area contributed by atoms with Crippen molar-refractivity contribution in [1.29, 1.82) is 5.26 Å². The van der Waals surface area contributed by atoms with E-state index in [-0.39, 0.29) is 12.5 Å². The van der Waals surface area contributed by atoms with E-state index in [9.17, 15) is 9.59 Å². The van der Waals surface area contributed by atoms with Crippen molar-refractivity contribution in [2.75, 3.05) is 11.9 Å². The summed E-state index contributed by atoms with van der Waals surface area (Å²) in [5.74, 6) is -0.232. The van der Waals surface area contributed by atoms with Crippen LogP contribution in [0, 0.1) is 18.3 Å². The lowest BCUT2D eigenvalue weighted by molar-refractivity contribution is -0.155. The van der Waals surface area contributed by atoms with E-state index < -0.39 is 18.0 Å². The summed E-state index contributed by atoms with van der Waals surface area (Å²) in [5.41, 5.74) is 2.92. The number of ether oxygens (including phenoxy) is 2. The van der Waals surface area contributed by atoms with Crippen molar-refractivity contribution in [2.24, 2.45) is 0 Å². The van der Waals surface area contributed by atoms with Crippen molar-refractivity contribution < 1.29 is 19.1 Å². The average molecular weight is 380 g/mol. The van der Waals surface area contributed by atoms with Crippen molar-refractivity contribution in [2.45, 2.75) is 39.7 Å². The Bertz CT molecular complexity index is 900. The fourth-order valence-electron chi connectivity index (χ4n) is 2.58. The quantitative estimate of drug-likeness (QED) is 0.735. The Balaban J connectivity index is 1.91. The van der Waals surface area contributed by atoms with Crippen LogP contribution in [0.3, 0.4) is 0 Å². The summed E-state index contributed by atoms with van der Waals surface area (Å²) in [6, 6.07) is 14.3. The van der Waals surface area contributed by atoms with Gasteiger partial charge in [0.05, 0.1) is 11.6 Å². The minimum atomic E-state index is -0.996. The molecule has 0 bridgehead atoms. The zero-order chi connectivity index (χ0) is 20.7. The van der Waals surface area contributed by atoms with Crippen LogP contribution in [0.1, 0.15) is 43.4 Å². The molecule has 146 valence electrons. The molecule has 1 amide bonds. The molecule has 6 nitrogen and oxygen atoms in total. The first-order valence-corrected chi connectivity index (χ1v) is 9.04. The second-order valence-corrected chi connectivity index (χ2v) is 6.80. The average Bonchev–Trinajstić information content (AvgIpc) is 2.66. The number of nitrogens with one attached hydrogen (secondary N) is 1. The highest BCUT2D eigenvalue weighted by Crippen LogP contribution is 2.27. The van der Waals surface area contributed by atoms with Gasteiger partial charge in [0, 0.05) is 5.69 Å². The highest BCUT2D eigenvalue weighted by molar-refractivity contribution is 5.95. The van der Waals surface area contributed by atoms with E-state index in [0.717, 1.165) is 11.1 Å². The molecule has 0 unspecified atom stereocenters. The zero-order valence-corrected chi connectivity index (χ0v) is 16.5. The van der Waals surface area contributed by atoms with Gasteiger partial charge in [-0.25, -0.2) is 4.79 Å². The second-order valence-electron chi connectivity index (χ2n) is 6.80. The van der Waals surface area contributed by atoms with Gasteiger partial charge < -0.3 is 14.8 Å². The number of nitrogens with zero attached hydrogens (tertiary/aromatic N) is 1. The maximum absolute atomic E-state index is 12.2. The summed E-state index contributed by atoms with van der Waals surface area (Å²) in [4.78, 5) is 24.3. The van der Waals surface area contributed by atoms with E-state index in [1.54, 1.807) is 24.3 Å². The number of anilines is 1. The van der Waals surface area contributed by atoms with E-state index in [0.29, 0.717) is 17.0 Å². The molecule has 0 radical (unpaired) electrons. The molecule has 0 aromatic heterocycles. The van der Waals surface area contributed by atoms with Gasteiger partial charge in [-0.2, -0.15) is 5.26 Å². The minimum Gasteiger partial charge on any atom is -0.482 e. The highest BCUT2D eigenvalue weighted by Gasteiger charge is 2.19. The lowest BCUT2D eigenvalue weighted by atomic mass is 10.0. The van der Waals surface area contributed by atoms with Crippen molar-refractivity contribution in [3.63, 3.8) is 0 Å². The zero-order valence-electron chi connectivity index (χ0n) is 16.5. The van der Waals surface area contributed by atoms with Gasteiger partial charge in [0.1, 0.15) is 5.75 Å². The van der Waals surface area contributed by atoms with Crippen molar-refractivity contribution in [3.05, 3.63) is 59.2 Å². The number of benzene rings is 2. The Morgan fingerprint density at radius 3 is 2.57 bits per heavy atom. The van der Waals surface area contributed by atoms with E-state index >= 15 is 0 Å². The van der Waals surface area contributed by atoms with Crippen molar-refractivity contribution >= 4 is 17.6 Å². The molecular weight excluding hydrogens is 356 g/mol. The van der Waals surface area contributed by atoms with Crippen LogP contribution in [0.15, 0.2) is 42.5 Å². The van der Waals surface area contributed by atoms with Gasteiger partial charge in [0.15, 0.2) is 12.7 Å². The van der Waals surface area contributed by atoms with E-state index in [2.05, 4.69) is 5.32 Å². The molecule has 1 N–H and O–H groups in total. The summed E-state index contributed by atoms with van der Waals surface area (Å²) >= 11 is 0. The van der Waals surface area contributed by atoms with Crippen LogP contribution < -0.4 is 10.1 Å². The summed E-state index contributed by atoms with van der Waals surface area (Å²) in [6.45, 7) is 7.23. The second kappa shape index (κ2) is 9.56. The van der Waals surface area contributed by atoms with Crippen LogP contribution in [-0.2, 0) is 14.3 Å². The van der Waals surface area contributed by atoms with Crippen molar-refractivity contribution in [1.82, 2.24) is 0 Å². The van der Waals surface area contributed by atoms with Crippen LogP contribution in [0.4, 0.5) is 5.69 Å². The van der Waals surface area contributed by atoms with Crippen LogP contribution in [0.2, 0.25) is 0 Å². The Kier molecular flexibility index (Phi) is 7.16. The lowest BCUT2D eigenvalue weighted by Gasteiger charge is -2.16. The van der Waals surface area contributed by atoms with Gasteiger partial charge in [-0.05, 0) is 55.2 Å². The summed E-state index contributed by atoms with van der Waals surface area (Å²) in [5, 5.41) is 11.5. The summed E-state index contributed by atoms with van der Waals surface area (Å²) in [6.07, 6.45) is -0.996. The first-order chi connectivity index (χ1) is 13.3. The highest BCUT2D eigenvalue weighted by atomic mass is 16.6. The maximum atomic E-state index is 12.2. The topological polar surface area (TPSA) is 88.4 Å². The smallest absolute Gasteiger partial charge is 0.344 e. The molecule has 28 heavy (non-hydrogen) atoms. The third-order valence-corrected chi connectivity index (χ3v) is 4.07. The van der Waals surface area contributed by atoms with Gasteiger partial charge in [-0.3, -0.25) is 4.79 Å². The first kappa shape index (κ1) is 21.0. The number of hydrogen-bond acceptors (Lipinski definition) is 5. The number of esters is 1. The van der Waals surface area contributed by atoms with E-state index in [1.165, 1.54) is 6.92 Å². The maximum Gasteiger partial charge on any atom is 0.344 e. The summed E-state index contributed by atoms with van der Waals surface area (Å²) < 4.78 is 10.8. The minimum absolute atomic E-state index is 0.250. The lowest BCUT2D eigenvalue weighted by Crippen LogP contribution is -2.31. The Morgan fingerprint density at radius 1 is 1.14 bits per heavy atom. The Labute approximate surface area is 165 Å². The molecule has 0 heterocycles. The van der Waals surface area contributed by atoms with Gasteiger partial charge in [-0.1, -0.05) is 32.0 Å². The van der Waals surface area contributed by atoms with Gasteiger partial charge >= 0.3 is 5.97 Å². The molecule has 2 aromatic carbocycles. The number of nitriles is 1. The third-order valence-electron chi connectivity index (χ3n) is 4.07. The van der Waals surface area contributed by atoms with Crippen LogP contribution in [-0.4, -0.2) is 24.6 Å². The third kappa shape index (κ3) is 5.85. The van der Waals surface area contributed by atoms with E-state index in [4.69, 9.17) is 14.7 Å². The molecule has 6 heteroatoms. The molecule has 0 saturated carbocycles.